The summed E-state index contributed by atoms with van der Waals surface area (Å²) in [5, 5.41) is 6.97. The Balaban J connectivity index is 1.15. The van der Waals surface area contributed by atoms with E-state index in [1.54, 1.807) is 0 Å². The van der Waals surface area contributed by atoms with Gasteiger partial charge in [-0.05, 0) is 83.9 Å². The molecule has 3 heteroatoms. The molecule has 0 atom stereocenters. The number of hydrogen-bond donors (Lipinski definition) is 0. The summed E-state index contributed by atoms with van der Waals surface area (Å²) in [6, 6.07) is 70.6. The summed E-state index contributed by atoms with van der Waals surface area (Å²) in [7, 11) is 0. The molecule has 0 bridgehead atoms. The van der Waals surface area contributed by atoms with Crippen molar-refractivity contribution in [3.63, 3.8) is 0 Å². The first-order valence-electron chi connectivity index (χ1n) is 18.3. The number of nitrogens with zero attached hydrogens (tertiary/aromatic N) is 3. The molecule has 252 valence electrons. The minimum Gasteiger partial charge on any atom is -0.208 e. The minimum atomic E-state index is 0.632. The topological polar surface area (TPSA) is 38.7 Å². The van der Waals surface area contributed by atoms with Gasteiger partial charge in [0.1, 0.15) is 0 Å². The van der Waals surface area contributed by atoms with Gasteiger partial charge in [0.2, 0.25) is 0 Å². The smallest absolute Gasteiger partial charge is 0.164 e. The molecule has 0 aliphatic heterocycles. The van der Waals surface area contributed by atoms with Crippen molar-refractivity contribution in [1.29, 1.82) is 0 Å². The van der Waals surface area contributed by atoms with Gasteiger partial charge in [-0.25, -0.2) is 15.0 Å². The van der Waals surface area contributed by atoms with E-state index in [2.05, 4.69) is 194 Å². The lowest BCUT2D eigenvalue weighted by atomic mass is 9.95. The number of rotatable bonds is 6. The molecule has 1 aromatic heterocycles. The van der Waals surface area contributed by atoms with Crippen molar-refractivity contribution in [2.24, 2.45) is 0 Å². The average molecular weight is 688 g/mol. The summed E-state index contributed by atoms with van der Waals surface area (Å²) >= 11 is 0. The first-order chi connectivity index (χ1) is 26.7. The summed E-state index contributed by atoms with van der Waals surface area (Å²) in [5.41, 5.74) is 9.88. The van der Waals surface area contributed by atoms with Crippen molar-refractivity contribution in [2.45, 2.75) is 0 Å². The lowest BCUT2D eigenvalue weighted by Crippen LogP contribution is -2.01. The number of aromatic nitrogens is 3. The molecule has 1 heterocycles. The van der Waals surface area contributed by atoms with Crippen molar-refractivity contribution in [2.75, 3.05) is 0 Å². The van der Waals surface area contributed by atoms with Crippen molar-refractivity contribution in [3.05, 3.63) is 200 Å². The fourth-order valence-corrected chi connectivity index (χ4v) is 7.63. The van der Waals surface area contributed by atoms with Gasteiger partial charge in [-0.15, -0.1) is 0 Å². The maximum absolute atomic E-state index is 5.23. The number of hydrogen-bond acceptors (Lipinski definition) is 3. The molecule has 0 saturated carbocycles. The highest BCUT2D eigenvalue weighted by Gasteiger charge is 2.17. The second-order valence-electron chi connectivity index (χ2n) is 13.6. The normalized spacial score (nSPS) is 11.3. The predicted octanol–water partition coefficient (Wildman–Crippen LogP) is 13.3. The van der Waals surface area contributed by atoms with Gasteiger partial charge in [0, 0.05) is 16.7 Å². The predicted molar refractivity (Wildman–Crippen MR) is 225 cm³/mol. The van der Waals surface area contributed by atoms with Crippen LogP contribution < -0.4 is 0 Å². The van der Waals surface area contributed by atoms with Crippen LogP contribution >= 0.6 is 0 Å². The SMILES string of the molecule is c1ccc(-c2ccc3cc(-c4nc(-c5cccc(-c6cccc7ccccc67)c5)nc(-c5cccc6c(-c7ccccc7)cccc56)n4)ccc3c2)cc1. The quantitative estimate of drug-likeness (QED) is 0.175. The van der Waals surface area contributed by atoms with Crippen LogP contribution in [0.5, 0.6) is 0 Å². The van der Waals surface area contributed by atoms with E-state index in [1.807, 2.05) is 6.07 Å². The molecule has 0 radical (unpaired) electrons. The van der Waals surface area contributed by atoms with Gasteiger partial charge in [0.05, 0.1) is 0 Å². The van der Waals surface area contributed by atoms with Crippen LogP contribution in [0.25, 0.3) is 99.9 Å². The summed E-state index contributed by atoms with van der Waals surface area (Å²) in [6.45, 7) is 0. The van der Waals surface area contributed by atoms with Gasteiger partial charge in [0.15, 0.2) is 17.5 Å². The second kappa shape index (κ2) is 13.4. The van der Waals surface area contributed by atoms with Crippen LogP contribution in [0.1, 0.15) is 0 Å². The molecule has 0 aliphatic carbocycles. The monoisotopic (exact) mass is 687 g/mol. The van der Waals surface area contributed by atoms with E-state index in [1.165, 1.54) is 44.0 Å². The average Bonchev–Trinajstić information content (AvgIpc) is 3.26. The second-order valence-corrected chi connectivity index (χ2v) is 13.6. The minimum absolute atomic E-state index is 0.632. The maximum Gasteiger partial charge on any atom is 0.164 e. The van der Waals surface area contributed by atoms with E-state index >= 15 is 0 Å². The third-order valence-electron chi connectivity index (χ3n) is 10.3. The van der Waals surface area contributed by atoms with Gasteiger partial charge in [-0.3, -0.25) is 0 Å². The van der Waals surface area contributed by atoms with Gasteiger partial charge in [-0.2, -0.15) is 0 Å². The van der Waals surface area contributed by atoms with E-state index < -0.39 is 0 Å². The van der Waals surface area contributed by atoms with Crippen LogP contribution in [0.2, 0.25) is 0 Å². The first kappa shape index (κ1) is 31.5. The van der Waals surface area contributed by atoms with Crippen molar-refractivity contribution in [3.8, 4) is 67.5 Å². The van der Waals surface area contributed by atoms with Crippen molar-refractivity contribution < 1.29 is 0 Å². The molecular formula is C51H33N3. The summed E-state index contributed by atoms with van der Waals surface area (Å²) in [6.07, 6.45) is 0. The molecule has 0 aliphatic rings. The molecule has 0 fully saturated rings. The van der Waals surface area contributed by atoms with Gasteiger partial charge in [0.25, 0.3) is 0 Å². The zero-order chi connectivity index (χ0) is 35.8. The molecule has 3 nitrogen and oxygen atoms in total. The Morgan fingerprint density at radius 2 is 0.685 bits per heavy atom. The third-order valence-corrected chi connectivity index (χ3v) is 10.3. The van der Waals surface area contributed by atoms with Crippen LogP contribution in [-0.2, 0) is 0 Å². The fourth-order valence-electron chi connectivity index (χ4n) is 7.63. The maximum atomic E-state index is 5.23. The lowest BCUT2D eigenvalue weighted by molar-refractivity contribution is 1.08. The Bertz CT molecular complexity index is 2980. The molecule has 0 N–H and O–H groups in total. The van der Waals surface area contributed by atoms with E-state index in [-0.39, 0.29) is 0 Å². The molecule has 0 spiro atoms. The Kier molecular flexibility index (Phi) is 7.81. The van der Waals surface area contributed by atoms with E-state index in [0.29, 0.717) is 17.5 Å². The molecular weight excluding hydrogens is 655 g/mol. The standard InChI is InChI=1S/C51H33N3/c1-3-13-34(14-4-1)37-27-28-39-32-42(30-29-38(39)31-37)50-52-49(41-20-9-19-40(33-41)45-22-10-18-36-17-7-8-21-43(36)45)53-51(54-50)48-26-12-24-46-44(23-11-25-47(46)48)35-15-5-2-6-16-35/h1-33H. The largest absolute Gasteiger partial charge is 0.208 e. The van der Waals surface area contributed by atoms with Gasteiger partial charge >= 0.3 is 0 Å². The molecule has 10 aromatic rings. The van der Waals surface area contributed by atoms with Crippen LogP contribution in [0, 0.1) is 0 Å². The van der Waals surface area contributed by atoms with Gasteiger partial charge < -0.3 is 0 Å². The molecule has 9 aromatic carbocycles. The van der Waals surface area contributed by atoms with Crippen LogP contribution in [0.3, 0.4) is 0 Å². The van der Waals surface area contributed by atoms with Crippen molar-refractivity contribution >= 4 is 32.3 Å². The first-order valence-corrected chi connectivity index (χ1v) is 18.3. The highest BCUT2D eigenvalue weighted by Crippen LogP contribution is 2.37. The molecule has 54 heavy (non-hydrogen) atoms. The number of benzene rings is 9. The van der Waals surface area contributed by atoms with Crippen LogP contribution in [0.4, 0.5) is 0 Å². The Labute approximate surface area is 313 Å². The summed E-state index contributed by atoms with van der Waals surface area (Å²) in [5.74, 6) is 1.91. The Hall–Kier alpha value is -7.23. The van der Waals surface area contributed by atoms with E-state index in [9.17, 15) is 0 Å². The van der Waals surface area contributed by atoms with Crippen LogP contribution in [-0.4, -0.2) is 15.0 Å². The van der Waals surface area contributed by atoms with Crippen molar-refractivity contribution in [1.82, 2.24) is 15.0 Å². The lowest BCUT2D eigenvalue weighted by Gasteiger charge is -2.13. The van der Waals surface area contributed by atoms with E-state index in [4.69, 9.17) is 15.0 Å². The third kappa shape index (κ3) is 5.78. The zero-order valence-electron chi connectivity index (χ0n) is 29.4. The molecule has 10 rings (SSSR count). The highest BCUT2D eigenvalue weighted by molar-refractivity contribution is 6.04. The molecule has 0 unspecified atom stereocenters. The highest BCUT2D eigenvalue weighted by atomic mass is 15.0. The number of fused-ring (bicyclic) bond motifs is 3. The fraction of sp³-hybridized carbons (Fsp3) is 0. The van der Waals surface area contributed by atoms with Crippen LogP contribution in [0.15, 0.2) is 200 Å². The Morgan fingerprint density at radius 3 is 1.44 bits per heavy atom. The summed E-state index contributed by atoms with van der Waals surface area (Å²) < 4.78 is 0. The van der Waals surface area contributed by atoms with Gasteiger partial charge in [-0.1, -0.05) is 182 Å². The molecule has 0 amide bonds. The Morgan fingerprint density at radius 1 is 0.222 bits per heavy atom. The summed E-state index contributed by atoms with van der Waals surface area (Å²) in [4.78, 5) is 15.6. The van der Waals surface area contributed by atoms with E-state index in [0.717, 1.165) is 38.4 Å². The molecule has 0 saturated heterocycles. The zero-order valence-corrected chi connectivity index (χ0v) is 29.4.